The fourth-order valence-electron chi connectivity index (χ4n) is 4.70. The number of amides is 1. The summed E-state index contributed by atoms with van der Waals surface area (Å²) in [6, 6.07) is 0. The summed E-state index contributed by atoms with van der Waals surface area (Å²) in [6.07, 6.45) is 5.64. The zero-order valence-electron chi connectivity index (χ0n) is 13.3. The van der Waals surface area contributed by atoms with Crippen LogP contribution in [0.5, 0.6) is 0 Å². The standard InChI is InChI=1S/C16H26N4O2/c1-17-16(18-8-15(21)19-6-2-3-7-19)20-9-11-12(10-20)14-5-4-13(11)22-14/h11-14H,2-10H2,1H3,(H,17,18). The first kappa shape index (κ1) is 14.3. The number of fused-ring (bicyclic) bond motifs is 5. The number of aliphatic imine (C=N–C) groups is 1. The molecule has 6 nitrogen and oxygen atoms in total. The van der Waals surface area contributed by atoms with E-state index in [4.69, 9.17) is 4.74 Å². The summed E-state index contributed by atoms with van der Waals surface area (Å²) >= 11 is 0. The number of hydrogen-bond donors (Lipinski definition) is 1. The number of carbonyl (C=O) groups excluding carboxylic acids is 1. The van der Waals surface area contributed by atoms with E-state index < -0.39 is 0 Å². The first-order valence-electron chi connectivity index (χ1n) is 8.65. The van der Waals surface area contributed by atoms with Crippen LogP contribution in [0, 0.1) is 11.8 Å². The van der Waals surface area contributed by atoms with E-state index in [2.05, 4.69) is 15.2 Å². The molecule has 4 saturated heterocycles. The molecule has 1 N–H and O–H groups in total. The number of likely N-dealkylation sites (tertiary alicyclic amines) is 2. The first-order chi connectivity index (χ1) is 10.8. The third kappa shape index (κ3) is 2.37. The van der Waals surface area contributed by atoms with Crippen LogP contribution in [0.15, 0.2) is 4.99 Å². The maximum absolute atomic E-state index is 12.2. The SMILES string of the molecule is CN=C(NCC(=O)N1CCCC1)N1CC2C3CCC(O3)C2C1. The van der Waals surface area contributed by atoms with Crippen molar-refractivity contribution in [3.63, 3.8) is 0 Å². The third-order valence-electron chi connectivity index (χ3n) is 5.82. The van der Waals surface area contributed by atoms with Gasteiger partial charge in [0.25, 0.3) is 0 Å². The summed E-state index contributed by atoms with van der Waals surface area (Å²) < 4.78 is 6.02. The Labute approximate surface area is 131 Å². The Morgan fingerprint density at radius 2 is 1.77 bits per heavy atom. The fourth-order valence-corrected chi connectivity index (χ4v) is 4.70. The van der Waals surface area contributed by atoms with Crippen LogP contribution < -0.4 is 5.32 Å². The molecule has 4 aliphatic rings. The van der Waals surface area contributed by atoms with Gasteiger partial charge in [-0.1, -0.05) is 0 Å². The number of carbonyl (C=O) groups is 1. The van der Waals surface area contributed by atoms with E-state index in [1.165, 1.54) is 12.8 Å². The number of hydrogen-bond acceptors (Lipinski definition) is 3. The summed E-state index contributed by atoms with van der Waals surface area (Å²) in [5, 5.41) is 3.27. The van der Waals surface area contributed by atoms with Crippen LogP contribution in [0.25, 0.3) is 0 Å². The second-order valence-electron chi connectivity index (χ2n) is 7.01. The Hall–Kier alpha value is -1.30. The predicted octanol–water partition coefficient (Wildman–Crippen LogP) is 0.293. The topological polar surface area (TPSA) is 57.2 Å². The van der Waals surface area contributed by atoms with Crippen molar-refractivity contribution >= 4 is 11.9 Å². The molecule has 4 rings (SSSR count). The Balaban J connectivity index is 1.32. The Morgan fingerprint density at radius 1 is 1.14 bits per heavy atom. The summed E-state index contributed by atoms with van der Waals surface area (Å²) in [5.41, 5.74) is 0. The van der Waals surface area contributed by atoms with Crippen LogP contribution in [0.2, 0.25) is 0 Å². The van der Waals surface area contributed by atoms with Gasteiger partial charge in [-0.15, -0.1) is 0 Å². The fraction of sp³-hybridized carbons (Fsp3) is 0.875. The molecule has 4 heterocycles. The van der Waals surface area contributed by atoms with Crippen LogP contribution in [-0.2, 0) is 9.53 Å². The second-order valence-corrected chi connectivity index (χ2v) is 7.01. The van der Waals surface area contributed by atoms with Crippen LogP contribution in [-0.4, -0.2) is 73.6 Å². The molecule has 2 bridgehead atoms. The Kier molecular flexibility index (Phi) is 3.72. The average Bonchev–Trinajstić information content (AvgIpc) is 3.27. The molecule has 122 valence electrons. The normalized spacial score (nSPS) is 37.0. The molecule has 0 aromatic carbocycles. The van der Waals surface area contributed by atoms with Gasteiger partial charge in [-0.2, -0.15) is 0 Å². The molecule has 0 aromatic heterocycles. The van der Waals surface area contributed by atoms with Crippen LogP contribution >= 0.6 is 0 Å². The van der Waals surface area contributed by atoms with Crippen molar-refractivity contribution in [2.45, 2.75) is 37.9 Å². The van der Waals surface area contributed by atoms with E-state index in [9.17, 15) is 4.79 Å². The lowest BCUT2D eigenvalue weighted by Crippen LogP contribution is -2.46. The minimum absolute atomic E-state index is 0.196. The minimum atomic E-state index is 0.196. The number of guanidine groups is 1. The zero-order valence-corrected chi connectivity index (χ0v) is 13.3. The number of nitrogens with one attached hydrogen (secondary N) is 1. The predicted molar refractivity (Wildman–Crippen MR) is 83.6 cm³/mol. The van der Waals surface area contributed by atoms with Gasteiger partial charge in [-0.05, 0) is 25.7 Å². The van der Waals surface area contributed by atoms with E-state index in [1.54, 1.807) is 0 Å². The molecule has 4 unspecified atom stereocenters. The van der Waals surface area contributed by atoms with Crippen LogP contribution in [0.4, 0.5) is 0 Å². The molecular weight excluding hydrogens is 280 g/mol. The molecule has 0 spiro atoms. The summed E-state index contributed by atoms with van der Waals surface area (Å²) in [4.78, 5) is 20.8. The molecule has 4 aliphatic heterocycles. The van der Waals surface area contributed by atoms with Gasteiger partial charge in [0.1, 0.15) is 0 Å². The highest BCUT2D eigenvalue weighted by Crippen LogP contribution is 2.47. The minimum Gasteiger partial charge on any atom is -0.374 e. The van der Waals surface area contributed by atoms with Gasteiger partial charge in [0.2, 0.25) is 5.91 Å². The van der Waals surface area contributed by atoms with Crippen molar-refractivity contribution in [3.05, 3.63) is 0 Å². The molecule has 0 aromatic rings. The Bertz CT molecular complexity index is 457. The molecule has 4 atom stereocenters. The number of rotatable bonds is 2. The van der Waals surface area contributed by atoms with E-state index in [-0.39, 0.29) is 5.91 Å². The van der Waals surface area contributed by atoms with Crippen molar-refractivity contribution in [1.82, 2.24) is 15.1 Å². The quantitative estimate of drug-likeness (QED) is 0.589. The molecule has 0 saturated carbocycles. The summed E-state index contributed by atoms with van der Waals surface area (Å²) in [7, 11) is 1.81. The van der Waals surface area contributed by atoms with E-state index in [0.717, 1.165) is 45.0 Å². The van der Waals surface area contributed by atoms with Crippen LogP contribution in [0.1, 0.15) is 25.7 Å². The molecule has 4 fully saturated rings. The number of ether oxygens (including phenoxy) is 1. The van der Waals surface area contributed by atoms with Gasteiger partial charge in [0, 0.05) is 45.1 Å². The van der Waals surface area contributed by atoms with Gasteiger partial charge in [-0.25, -0.2) is 0 Å². The average molecular weight is 306 g/mol. The molecular formula is C16H26N4O2. The van der Waals surface area contributed by atoms with Gasteiger partial charge in [0.05, 0.1) is 18.8 Å². The van der Waals surface area contributed by atoms with Gasteiger partial charge >= 0.3 is 0 Å². The van der Waals surface area contributed by atoms with Crippen molar-refractivity contribution in [1.29, 1.82) is 0 Å². The largest absolute Gasteiger partial charge is 0.374 e. The highest BCUT2D eigenvalue weighted by molar-refractivity contribution is 5.86. The molecule has 0 aliphatic carbocycles. The molecule has 1 amide bonds. The van der Waals surface area contributed by atoms with E-state index >= 15 is 0 Å². The van der Waals surface area contributed by atoms with Gasteiger partial charge < -0.3 is 19.9 Å². The van der Waals surface area contributed by atoms with Gasteiger partial charge in [0.15, 0.2) is 5.96 Å². The maximum Gasteiger partial charge on any atom is 0.241 e. The maximum atomic E-state index is 12.2. The monoisotopic (exact) mass is 306 g/mol. The van der Waals surface area contributed by atoms with E-state index in [1.807, 2.05) is 11.9 Å². The van der Waals surface area contributed by atoms with Crippen LogP contribution in [0.3, 0.4) is 0 Å². The first-order valence-corrected chi connectivity index (χ1v) is 8.65. The third-order valence-corrected chi connectivity index (χ3v) is 5.82. The van der Waals surface area contributed by atoms with Crippen molar-refractivity contribution in [2.75, 3.05) is 39.8 Å². The lowest BCUT2D eigenvalue weighted by molar-refractivity contribution is -0.128. The summed E-state index contributed by atoms with van der Waals surface area (Å²) in [6.45, 7) is 4.22. The van der Waals surface area contributed by atoms with Crippen molar-refractivity contribution in [3.8, 4) is 0 Å². The highest BCUT2D eigenvalue weighted by atomic mass is 16.5. The molecule has 0 radical (unpaired) electrons. The lowest BCUT2D eigenvalue weighted by Gasteiger charge is -2.24. The smallest absolute Gasteiger partial charge is 0.241 e. The zero-order chi connectivity index (χ0) is 15.1. The number of nitrogens with zero attached hydrogens (tertiary/aromatic N) is 3. The van der Waals surface area contributed by atoms with Gasteiger partial charge in [-0.3, -0.25) is 9.79 Å². The molecule has 22 heavy (non-hydrogen) atoms. The summed E-state index contributed by atoms with van der Waals surface area (Å²) in [5.74, 6) is 2.39. The Morgan fingerprint density at radius 3 is 2.36 bits per heavy atom. The van der Waals surface area contributed by atoms with E-state index in [0.29, 0.717) is 30.6 Å². The lowest BCUT2D eigenvalue weighted by atomic mass is 9.82. The second kappa shape index (κ2) is 5.72. The van der Waals surface area contributed by atoms with Crippen molar-refractivity contribution < 1.29 is 9.53 Å². The highest BCUT2D eigenvalue weighted by Gasteiger charge is 2.53. The molecule has 6 heteroatoms. The van der Waals surface area contributed by atoms with Crippen molar-refractivity contribution in [2.24, 2.45) is 16.8 Å².